The summed E-state index contributed by atoms with van der Waals surface area (Å²) in [5.74, 6) is 0.866. The lowest BCUT2D eigenvalue weighted by atomic mass is 9.84. The third-order valence-corrected chi connectivity index (χ3v) is 4.14. The minimum atomic E-state index is 0.157. The maximum Gasteiger partial charge on any atom is 0.166 e. The molecule has 1 nitrogen and oxygen atoms in total. The zero-order chi connectivity index (χ0) is 13.1. The minimum Gasteiger partial charge on any atom is -0.294 e. The van der Waals surface area contributed by atoms with E-state index in [9.17, 15) is 4.79 Å². The number of ketones is 1. The Labute approximate surface area is 114 Å². The molecule has 19 heavy (non-hydrogen) atoms. The lowest BCUT2D eigenvalue weighted by Crippen LogP contribution is -2.17. The zero-order valence-corrected chi connectivity index (χ0v) is 11.0. The number of Topliss-reactive ketones (excluding diaryl/α,β-unsaturated/α-hetero) is 1. The molecule has 3 rings (SSSR count). The van der Waals surface area contributed by atoms with Crippen LogP contribution in [0.5, 0.6) is 0 Å². The van der Waals surface area contributed by atoms with E-state index in [0.717, 1.165) is 24.8 Å². The van der Waals surface area contributed by atoms with Crippen LogP contribution in [0.1, 0.15) is 41.1 Å². The van der Waals surface area contributed by atoms with Crippen molar-refractivity contribution in [3.63, 3.8) is 0 Å². The summed E-state index contributed by atoms with van der Waals surface area (Å²) >= 11 is 0. The molecule has 2 aromatic rings. The zero-order valence-electron chi connectivity index (χ0n) is 11.0. The summed E-state index contributed by atoms with van der Waals surface area (Å²) in [6.45, 7) is 0. The summed E-state index contributed by atoms with van der Waals surface area (Å²) in [5, 5.41) is 0. The van der Waals surface area contributed by atoms with Crippen LogP contribution in [-0.4, -0.2) is 5.78 Å². The topological polar surface area (TPSA) is 17.1 Å². The van der Waals surface area contributed by atoms with Gasteiger partial charge in [0.2, 0.25) is 0 Å². The fourth-order valence-electron chi connectivity index (χ4n) is 3.19. The largest absolute Gasteiger partial charge is 0.294 e. The molecule has 1 fully saturated rings. The summed E-state index contributed by atoms with van der Waals surface area (Å²) in [6, 6.07) is 20.2. The standard InChI is InChI=1S/C18H18O/c19-18(15-10-5-2-6-11-15)17-13-7-12-16(17)14-8-3-1-4-9-14/h1-6,8-11,16-17H,7,12-13H2/t16-,17+/m0/s1. The molecule has 1 saturated carbocycles. The van der Waals surface area contributed by atoms with Gasteiger partial charge in [0.25, 0.3) is 0 Å². The van der Waals surface area contributed by atoms with Crippen molar-refractivity contribution in [2.45, 2.75) is 25.2 Å². The molecule has 1 aliphatic rings. The molecule has 0 spiro atoms. The first-order valence-electron chi connectivity index (χ1n) is 7.00. The number of rotatable bonds is 3. The van der Waals surface area contributed by atoms with Gasteiger partial charge in [-0.2, -0.15) is 0 Å². The Morgan fingerprint density at radius 2 is 1.47 bits per heavy atom. The molecule has 0 unspecified atom stereocenters. The highest BCUT2D eigenvalue weighted by atomic mass is 16.1. The van der Waals surface area contributed by atoms with Gasteiger partial charge in [0, 0.05) is 11.5 Å². The molecule has 0 bridgehead atoms. The monoisotopic (exact) mass is 250 g/mol. The maximum atomic E-state index is 12.6. The van der Waals surface area contributed by atoms with Crippen LogP contribution in [0.25, 0.3) is 0 Å². The Hall–Kier alpha value is -1.89. The van der Waals surface area contributed by atoms with Crippen molar-refractivity contribution in [1.82, 2.24) is 0 Å². The van der Waals surface area contributed by atoms with Gasteiger partial charge in [-0.05, 0) is 24.3 Å². The SMILES string of the molecule is O=C(c1ccccc1)[C@@H]1CCC[C@H]1c1ccccc1. The van der Waals surface area contributed by atoms with Gasteiger partial charge in [-0.1, -0.05) is 67.1 Å². The molecule has 0 N–H and O–H groups in total. The molecule has 1 aliphatic carbocycles. The van der Waals surface area contributed by atoms with Crippen LogP contribution < -0.4 is 0 Å². The second kappa shape index (κ2) is 5.40. The first-order valence-corrected chi connectivity index (χ1v) is 7.00. The summed E-state index contributed by atoms with van der Waals surface area (Å²) in [5.41, 5.74) is 2.17. The van der Waals surface area contributed by atoms with E-state index in [1.807, 2.05) is 36.4 Å². The maximum absolute atomic E-state index is 12.6. The quantitative estimate of drug-likeness (QED) is 0.735. The van der Waals surface area contributed by atoms with Gasteiger partial charge in [-0.3, -0.25) is 4.79 Å². The highest BCUT2D eigenvalue weighted by molar-refractivity contribution is 5.98. The predicted molar refractivity (Wildman–Crippen MR) is 77.3 cm³/mol. The first-order chi connectivity index (χ1) is 9.36. The Bertz CT molecular complexity index is 544. The second-order valence-electron chi connectivity index (χ2n) is 5.28. The molecule has 2 aromatic carbocycles. The fourth-order valence-corrected chi connectivity index (χ4v) is 3.19. The van der Waals surface area contributed by atoms with Crippen molar-refractivity contribution in [3.8, 4) is 0 Å². The van der Waals surface area contributed by atoms with Crippen LogP contribution in [0, 0.1) is 5.92 Å². The van der Waals surface area contributed by atoms with Crippen LogP contribution >= 0.6 is 0 Å². The lowest BCUT2D eigenvalue weighted by molar-refractivity contribution is 0.0912. The smallest absolute Gasteiger partial charge is 0.166 e. The van der Waals surface area contributed by atoms with Gasteiger partial charge in [0.1, 0.15) is 0 Å². The minimum absolute atomic E-state index is 0.157. The Balaban J connectivity index is 1.86. The summed E-state index contributed by atoms with van der Waals surface area (Å²) in [6.07, 6.45) is 3.31. The Kier molecular flexibility index (Phi) is 3.45. The number of hydrogen-bond donors (Lipinski definition) is 0. The summed E-state index contributed by atoms with van der Waals surface area (Å²) in [7, 11) is 0. The van der Waals surface area contributed by atoms with Gasteiger partial charge >= 0.3 is 0 Å². The summed E-state index contributed by atoms with van der Waals surface area (Å²) < 4.78 is 0. The number of hydrogen-bond acceptors (Lipinski definition) is 1. The average Bonchev–Trinajstić information content (AvgIpc) is 2.98. The molecule has 0 saturated heterocycles. The Morgan fingerprint density at radius 1 is 0.842 bits per heavy atom. The van der Waals surface area contributed by atoms with E-state index in [1.54, 1.807) is 0 Å². The normalized spacial score (nSPS) is 22.3. The van der Waals surface area contributed by atoms with Gasteiger partial charge in [0.05, 0.1) is 0 Å². The van der Waals surface area contributed by atoms with E-state index in [-0.39, 0.29) is 5.92 Å². The third kappa shape index (κ3) is 2.46. The van der Waals surface area contributed by atoms with Crippen molar-refractivity contribution in [1.29, 1.82) is 0 Å². The van der Waals surface area contributed by atoms with Crippen molar-refractivity contribution in [3.05, 3.63) is 71.8 Å². The molecule has 0 aliphatic heterocycles. The molecule has 2 atom stereocenters. The van der Waals surface area contributed by atoms with Crippen molar-refractivity contribution >= 4 is 5.78 Å². The first kappa shape index (κ1) is 12.2. The molecule has 1 heteroatoms. The van der Waals surface area contributed by atoms with Crippen LogP contribution in [0.15, 0.2) is 60.7 Å². The van der Waals surface area contributed by atoms with Crippen LogP contribution in [0.2, 0.25) is 0 Å². The van der Waals surface area contributed by atoms with E-state index in [1.165, 1.54) is 5.56 Å². The highest BCUT2D eigenvalue weighted by Crippen LogP contribution is 2.41. The average molecular weight is 250 g/mol. The van der Waals surface area contributed by atoms with Crippen molar-refractivity contribution in [2.75, 3.05) is 0 Å². The fraction of sp³-hybridized carbons (Fsp3) is 0.278. The van der Waals surface area contributed by atoms with E-state index in [0.29, 0.717) is 11.7 Å². The van der Waals surface area contributed by atoms with Gasteiger partial charge in [0.15, 0.2) is 5.78 Å². The second-order valence-corrected chi connectivity index (χ2v) is 5.28. The van der Waals surface area contributed by atoms with Gasteiger partial charge < -0.3 is 0 Å². The van der Waals surface area contributed by atoms with Crippen molar-refractivity contribution in [2.24, 2.45) is 5.92 Å². The molecule has 0 aromatic heterocycles. The van der Waals surface area contributed by atoms with Crippen LogP contribution in [0.3, 0.4) is 0 Å². The van der Waals surface area contributed by atoms with Crippen molar-refractivity contribution < 1.29 is 4.79 Å². The third-order valence-electron chi connectivity index (χ3n) is 4.14. The molecule has 0 heterocycles. The van der Waals surface area contributed by atoms with Crippen LogP contribution in [-0.2, 0) is 0 Å². The highest BCUT2D eigenvalue weighted by Gasteiger charge is 2.34. The van der Waals surface area contributed by atoms with Crippen LogP contribution in [0.4, 0.5) is 0 Å². The number of carbonyl (C=O) groups is 1. The van der Waals surface area contributed by atoms with E-state index < -0.39 is 0 Å². The number of benzene rings is 2. The van der Waals surface area contributed by atoms with E-state index >= 15 is 0 Å². The predicted octanol–water partition coefficient (Wildman–Crippen LogP) is 4.45. The molecular weight excluding hydrogens is 232 g/mol. The molecule has 0 amide bonds. The molecule has 0 radical (unpaired) electrons. The van der Waals surface area contributed by atoms with Gasteiger partial charge in [-0.25, -0.2) is 0 Å². The van der Waals surface area contributed by atoms with Gasteiger partial charge in [-0.15, -0.1) is 0 Å². The molecule has 96 valence electrons. The Morgan fingerprint density at radius 3 is 2.16 bits per heavy atom. The molecular formula is C18H18O. The summed E-state index contributed by atoms with van der Waals surface area (Å²) in [4.78, 5) is 12.6. The number of carbonyl (C=O) groups excluding carboxylic acids is 1. The van der Waals surface area contributed by atoms with E-state index in [2.05, 4.69) is 24.3 Å². The lowest BCUT2D eigenvalue weighted by Gasteiger charge is -2.19. The van der Waals surface area contributed by atoms with E-state index in [4.69, 9.17) is 0 Å².